The number of hydrogen-bond acceptors (Lipinski definition) is 9. The quantitative estimate of drug-likeness (QED) is 0.118. The van der Waals surface area contributed by atoms with Crippen molar-refractivity contribution in [3.05, 3.63) is 29.3 Å². The highest BCUT2D eigenvalue weighted by Gasteiger charge is 2.30. The SMILES string of the molecule is CNCCN(C)C(=O)OCc1ccc(NC(=O)[C@@H](CCCNC(N)=O)NC(=O)[C@H](NC(=O)OC(C)(C)C)C(C)C)cc1CN(C)C(=O)O. The van der Waals surface area contributed by atoms with Gasteiger partial charge in [-0.1, -0.05) is 19.9 Å². The van der Waals surface area contributed by atoms with E-state index >= 15 is 0 Å². The summed E-state index contributed by atoms with van der Waals surface area (Å²) in [5.74, 6) is -1.60. The first-order valence-corrected chi connectivity index (χ1v) is 15.6. The minimum absolute atomic E-state index is 0.0765. The first-order chi connectivity index (χ1) is 22.3. The fourth-order valence-corrected chi connectivity index (χ4v) is 4.18. The highest BCUT2D eigenvalue weighted by molar-refractivity contribution is 5.98. The standard InChI is InChI=1S/C31H52N8O9/c1-19(2)24(37-28(43)48-31(3,4)5)26(41)36-23(10-9-13-34-27(32)42)25(40)35-22-12-11-20(21(16-22)17-39(8)29(44)45)18-47-30(46)38(7)15-14-33-6/h11-12,16,19,23-24,33H,9-10,13-15,17-18H2,1-8H3,(H,35,40)(H,36,41)(H,37,43)(H,44,45)(H3,32,34,42)/t23-,24-/m1/s1. The molecule has 0 spiro atoms. The molecule has 0 aromatic heterocycles. The predicted octanol–water partition coefficient (Wildman–Crippen LogP) is 2.01. The van der Waals surface area contributed by atoms with Gasteiger partial charge < -0.3 is 56.7 Å². The number of amides is 7. The highest BCUT2D eigenvalue weighted by atomic mass is 16.6. The number of benzene rings is 1. The van der Waals surface area contributed by atoms with Gasteiger partial charge >= 0.3 is 24.3 Å². The first-order valence-electron chi connectivity index (χ1n) is 15.6. The summed E-state index contributed by atoms with van der Waals surface area (Å²) in [5, 5.41) is 22.8. The van der Waals surface area contributed by atoms with Gasteiger partial charge in [-0.25, -0.2) is 19.2 Å². The van der Waals surface area contributed by atoms with Gasteiger partial charge in [0.1, 0.15) is 24.3 Å². The number of anilines is 1. The topological polar surface area (TPSA) is 234 Å². The lowest BCUT2D eigenvalue weighted by Gasteiger charge is -2.27. The van der Waals surface area contributed by atoms with Crippen LogP contribution >= 0.6 is 0 Å². The van der Waals surface area contributed by atoms with Crippen molar-refractivity contribution >= 4 is 41.8 Å². The number of nitrogens with zero attached hydrogens (tertiary/aromatic N) is 2. The first kappa shape index (κ1) is 41.2. The number of carbonyl (C=O) groups excluding carboxylic acids is 5. The molecule has 0 heterocycles. The molecular formula is C31H52N8O9. The summed E-state index contributed by atoms with van der Waals surface area (Å²) in [4.78, 5) is 76.9. The van der Waals surface area contributed by atoms with Gasteiger partial charge in [-0.05, 0) is 69.8 Å². The van der Waals surface area contributed by atoms with E-state index in [-0.39, 0.29) is 44.1 Å². The van der Waals surface area contributed by atoms with E-state index < -0.39 is 53.8 Å². The molecule has 8 N–H and O–H groups in total. The normalized spacial score (nSPS) is 12.3. The molecule has 0 saturated carbocycles. The number of likely N-dealkylation sites (N-methyl/N-ethyl adjacent to an activating group) is 2. The summed E-state index contributed by atoms with van der Waals surface area (Å²) < 4.78 is 10.7. The van der Waals surface area contributed by atoms with Crippen LogP contribution < -0.4 is 32.3 Å². The van der Waals surface area contributed by atoms with Gasteiger partial charge in [-0.3, -0.25) is 9.59 Å². The smallest absolute Gasteiger partial charge is 0.409 e. The average molecular weight is 681 g/mol. The van der Waals surface area contributed by atoms with E-state index in [0.717, 1.165) is 4.90 Å². The van der Waals surface area contributed by atoms with Gasteiger partial charge in [0, 0.05) is 46.0 Å². The number of hydrogen-bond donors (Lipinski definition) is 7. The summed E-state index contributed by atoms with van der Waals surface area (Å²) in [5.41, 5.74) is 5.62. The second kappa shape index (κ2) is 19.8. The summed E-state index contributed by atoms with van der Waals surface area (Å²) in [6.45, 7) is 9.41. The maximum absolute atomic E-state index is 13.5. The van der Waals surface area contributed by atoms with E-state index in [9.17, 15) is 33.9 Å². The molecule has 0 bridgehead atoms. The van der Waals surface area contributed by atoms with Gasteiger partial charge in [-0.15, -0.1) is 0 Å². The van der Waals surface area contributed by atoms with Crippen LogP contribution in [0.3, 0.4) is 0 Å². The fourth-order valence-electron chi connectivity index (χ4n) is 4.18. The number of nitrogens with two attached hydrogens (primary N) is 1. The molecule has 270 valence electrons. The maximum atomic E-state index is 13.5. The van der Waals surface area contributed by atoms with Crippen LogP contribution in [-0.2, 0) is 32.2 Å². The Labute approximate surface area is 281 Å². The Hall–Kier alpha value is -4.80. The average Bonchev–Trinajstić information content (AvgIpc) is 2.98. The molecule has 0 saturated heterocycles. The number of ether oxygens (including phenoxy) is 2. The van der Waals surface area contributed by atoms with E-state index in [1.165, 1.54) is 11.9 Å². The Bertz CT molecular complexity index is 1270. The number of urea groups is 1. The van der Waals surface area contributed by atoms with Crippen LogP contribution in [0.15, 0.2) is 18.2 Å². The molecule has 0 fully saturated rings. The van der Waals surface area contributed by atoms with Crippen molar-refractivity contribution in [3.8, 4) is 0 Å². The second-order valence-corrected chi connectivity index (χ2v) is 12.6. The molecule has 17 heteroatoms. The van der Waals surface area contributed by atoms with Crippen molar-refractivity contribution in [1.82, 2.24) is 31.1 Å². The number of alkyl carbamates (subject to hydrolysis) is 1. The molecule has 1 aromatic rings. The fraction of sp³-hybridized carbons (Fsp3) is 0.613. The number of primary amides is 1. The molecule has 1 rings (SSSR count). The van der Waals surface area contributed by atoms with Gasteiger partial charge in [0.05, 0.1) is 0 Å². The van der Waals surface area contributed by atoms with Crippen LogP contribution in [0.1, 0.15) is 58.6 Å². The number of carboxylic acid groups (broad SMARTS) is 1. The minimum Gasteiger partial charge on any atom is -0.465 e. The van der Waals surface area contributed by atoms with E-state index in [0.29, 0.717) is 24.2 Å². The lowest BCUT2D eigenvalue weighted by Crippen LogP contribution is -2.55. The van der Waals surface area contributed by atoms with Crippen molar-refractivity contribution < 1.29 is 43.3 Å². The molecule has 0 radical (unpaired) electrons. The molecule has 7 amide bonds. The summed E-state index contributed by atoms with van der Waals surface area (Å²) in [7, 11) is 4.72. The Morgan fingerprint density at radius 3 is 2.19 bits per heavy atom. The van der Waals surface area contributed by atoms with Crippen molar-refractivity contribution in [2.45, 2.75) is 78.3 Å². The van der Waals surface area contributed by atoms with Crippen LogP contribution in [0.5, 0.6) is 0 Å². The van der Waals surface area contributed by atoms with Crippen LogP contribution in [0.2, 0.25) is 0 Å². The van der Waals surface area contributed by atoms with Crippen molar-refractivity contribution in [2.75, 3.05) is 46.1 Å². The van der Waals surface area contributed by atoms with Crippen molar-refractivity contribution in [1.29, 1.82) is 0 Å². The van der Waals surface area contributed by atoms with Gasteiger partial charge in [0.25, 0.3) is 0 Å². The lowest BCUT2D eigenvalue weighted by atomic mass is 10.0. The summed E-state index contributed by atoms with van der Waals surface area (Å²) in [6.07, 6.45) is -2.18. The molecule has 0 aliphatic rings. The number of nitrogens with one attached hydrogen (secondary N) is 5. The Morgan fingerprint density at radius 1 is 0.958 bits per heavy atom. The van der Waals surface area contributed by atoms with E-state index in [1.54, 1.807) is 66.9 Å². The summed E-state index contributed by atoms with van der Waals surface area (Å²) in [6, 6.07) is 1.84. The predicted molar refractivity (Wildman–Crippen MR) is 178 cm³/mol. The largest absolute Gasteiger partial charge is 0.465 e. The van der Waals surface area contributed by atoms with Gasteiger partial charge in [0.15, 0.2) is 0 Å². The molecule has 0 unspecified atom stereocenters. The third-order valence-corrected chi connectivity index (χ3v) is 6.79. The minimum atomic E-state index is -1.19. The van der Waals surface area contributed by atoms with Crippen LogP contribution in [0.4, 0.5) is 24.9 Å². The second-order valence-electron chi connectivity index (χ2n) is 12.6. The zero-order valence-corrected chi connectivity index (χ0v) is 29.1. The molecule has 1 aromatic carbocycles. The van der Waals surface area contributed by atoms with Crippen molar-refractivity contribution in [2.24, 2.45) is 11.7 Å². The van der Waals surface area contributed by atoms with E-state index in [1.807, 2.05) is 0 Å². The Kier molecular flexibility index (Phi) is 17.0. The maximum Gasteiger partial charge on any atom is 0.409 e. The van der Waals surface area contributed by atoms with Crippen LogP contribution in [0, 0.1) is 5.92 Å². The zero-order valence-electron chi connectivity index (χ0n) is 29.1. The number of carbonyl (C=O) groups is 6. The number of rotatable bonds is 17. The molecule has 17 nitrogen and oxygen atoms in total. The summed E-state index contributed by atoms with van der Waals surface area (Å²) >= 11 is 0. The third kappa shape index (κ3) is 15.7. The molecule has 0 aliphatic heterocycles. The van der Waals surface area contributed by atoms with E-state index in [2.05, 4.69) is 26.6 Å². The monoisotopic (exact) mass is 680 g/mol. The zero-order chi connectivity index (χ0) is 36.6. The Morgan fingerprint density at radius 2 is 1.62 bits per heavy atom. The van der Waals surface area contributed by atoms with Gasteiger partial charge in [0.2, 0.25) is 11.8 Å². The molecule has 48 heavy (non-hydrogen) atoms. The lowest BCUT2D eigenvalue weighted by molar-refractivity contribution is -0.128. The van der Waals surface area contributed by atoms with Crippen molar-refractivity contribution in [3.63, 3.8) is 0 Å². The van der Waals surface area contributed by atoms with E-state index in [4.69, 9.17) is 15.2 Å². The van der Waals surface area contributed by atoms with Gasteiger partial charge in [-0.2, -0.15) is 0 Å². The third-order valence-electron chi connectivity index (χ3n) is 6.79. The molecule has 0 aliphatic carbocycles. The van der Waals surface area contributed by atoms with Crippen LogP contribution in [-0.4, -0.2) is 109 Å². The Balaban J connectivity index is 3.24. The van der Waals surface area contributed by atoms with Crippen LogP contribution in [0.25, 0.3) is 0 Å². The highest BCUT2D eigenvalue weighted by Crippen LogP contribution is 2.20. The molecular weight excluding hydrogens is 628 g/mol. The molecule has 2 atom stereocenters.